The lowest BCUT2D eigenvalue weighted by Gasteiger charge is -2.32. The Bertz CT molecular complexity index is 777. The Hall–Kier alpha value is -1.64. The highest BCUT2D eigenvalue weighted by molar-refractivity contribution is 7.89. The number of rotatable bonds is 8. The number of thiazole rings is 1. The lowest BCUT2D eigenvalue weighted by molar-refractivity contribution is 0.410. The van der Waals surface area contributed by atoms with Gasteiger partial charge in [0.25, 0.3) is 0 Å². The average Bonchev–Trinajstić information content (AvgIpc) is 3.20. The van der Waals surface area contributed by atoms with Crippen LogP contribution in [0.1, 0.15) is 18.4 Å². The monoisotopic (exact) mass is 395 g/mol. The first-order chi connectivity index (χ1) is 12.6. The highest BCUT2D eigenvalue weighted by Gasteiger charge is 2.23. The summed E-state index contributed by atoms with van der Waals surface area (Å²) in [7, 11) is -1.66. The molecule has 1 N–H and O–H groups in total. The summed E-state index contributed by atoms with van der Waals surface area (Å²) >= 11 is 1.63. The van der Waals surface area contributed by atoms with Crippen LogP contribution in [-0.4, -0.2) is 45.9 Å². The molecule has 2 heterocycles. The van der Waals surface area contributed by atoms with Crippen LogP contribution < -0.4 is 14.4 Å². The van der Waals surface area contributed by atoms with Gasteiger partial charge >= 0.3 is 0 Å². The molecule has 1 aliphatic rings. The number of benzene rings is 1. The van der Waals surface area contributed by atoms with Crippen molar-refractivity contribution in [3.05, 3.63) is 41.4 Å². The summed E-state index contributed by atoms with van der Waals surface area (Å²) in [6.07, 6.45) is 4.42. The third kappa shape index (κ3) is 5.43. The zero-order valence-electron chi connectivity index (χ0n) is 14.9. The van der Waals surface area contributed by atoms with Gasteiger partial charge in [-0.05, 0) is 42.9 Å². The van der Waals surface area contributed by atoms with Crippen LogP contribution in [0.2, 0.25) is 0 Å². The van der Waals surface area contributed by atoms with Gasteiger partial charge in [0, 0.05) is 31.2 Å². The van der Waals surface area contributed by atoms with Crippen LogP contribution in [0.4, 0.5) is 5.13 Å². The van der Waals surface area contributed by atoms with Crippen molar-refractivity contribution in [3.8, 4) is 5.75 Å². The first-order valence-electron chi connectivity index (χ1n) is 8.80. The zero-order valence-corrected chi connectivity index (χ0v) is 16.6. The van der Waals surface area contributed by atoms with Crippen LogP contribution in [0, 0.1) is 5.92 Å². The van der Waals surface area contributed by atoms with Gasteiger partial charge in [-0.25, -0.2) is 18.1 Å². The molecule has 1 aliphatic heterocycles. The molecule has 0 saturated carbocycles. The maximum Gasteiger partial charge on any atom is 0.211 e. The number of methoxy groups -OCH3 is 1. The topological polar surface area (TPSA) is 71.5 Å². The van der Waals surface area contributed by atoms with E-state index in [0.717, 1.165) is 42.4 Å². The van der Waals surface area contributed by atoms with Gasteiger partial charge in [-0.15, -0.1) is 11.3 Å². The Kier molecular flexibility index (Phi) is 6.50. The van der Waals surface area contributed by atoms with E-state index in [-0.39, 0.29) is 5.75 Å². The van der Waals surface area contributed by atoms with E-state index in [4.69, 9.17) is 4.74 Å². The molecule has 0 bridgehead atoms. The molecule has 1 atom stereocenters. The second-order valence-electron chi connectivity index (χ2n) is 6.53. The molecule has 1 aromatic heterocycles. The van der Waals surface area contributed by atoms with Crippen LogP contribution >= 0.6 is 11.3 Å². The molecule has 0 spiro atoms. The van der Waals surface area contributed by atoms with Gasteiger partial charge in [0.1, 0.15) is 5.75 Å². The Morgan fingerprint density at radius 2 is 2.15 bits per heavy atom. The number of nitrogens with zero attached hydrogens (tertiary/aromatic N) is 2. The van der Waals surface area contributed by atoms with Gasteiger partial charge < -0.3 is 9.64 Å². The van der Waals surface area contributed by atoms with Gasteiger partial charge in [0.05, 0.1) is 12.9 Å². The quantitative estimate of drug-likeness (QED) is 0.744. The Morgan fingerprint density at radius 3 is 2.85 bits per heavy atom. The van der Waals surface area contributed by atoms with Gasteiger partial charge in [-0.3, -0.25) is 0 Å². The molecule has 1 unspecified atom stereocenters. The van der Waals surface area contributed by atoms with Crippen molar-refractivity contribution in [1.82, 2.24) is 9.71 Å². The molecular formula is C18H25N3O3S2. The van der Waals surface area contributed by atoms with E-state index in [2.05, 4.69) is 14.6 Å². The summed E-state index contributed by atoms with van der Waals surface area (Å²) in [5.41, 5.74) is 0.990. The molecule has 26 heavy (non-hydrogen) atoms. The summed E-state index contributed by atoms with van der Waals surface area (Å²) in [5, 5.41) is 3.00. The number of hydrogen-bond acceptors (Lipinski definition) is 6. The normalized spacial score (nSPS) is 18.0. The van der Waals surface area contributed by atoms with Crippen molar-refractivity contribution < 1.29 is 13.2 Å². The zero-order chi connectivity index (χ0) is 18.4. The molecule has 3 rings (SSSR count). The van der Waals surface area contributed by atoms with Crippen LogP contribution in [0.5, 0.6) is 5.75 Å². The van der Waals surface area contributed by atoms with E-state index in [9.17, 15) is 8.42 Å². The molecule has 1 fully saturated rings. The largest absolute Gasteiger partial charge is 0.497 e. The van der Waals surface area contributed by atoms with Crippen molar-refractivity contribution >= 4 is 26.5 Å². The first kappa shape index (κ1) is 19.1. The Morgan fingerprint density at radius 1 is 1.35 bits per heavy atom. The number of ether oxygens (including phenoxy) is 1. The molecule has 6 nitrogen and oxygen atoms in total. The predicted octanol–water partition coefficient (Wildman–Crippen LogP) is 2.53. The minimum absolute atomic E-state index is 0.0994. The number of aromatic nitrogens is 1. The number of piperidine rings is 1. The van der Waals surface area contributed by atoms with Gasteiger partial charge in [0.2, 0.25) is 10.0 Å². The number of hydrogen-bond donors (Lipinski definition) is 1. The highest BCUT2D eigenvalue weighted by Crippen LogP contribution is 2.24. The molecule has 0 aliphatic carbocycles. The van der Waals surface area contributed by atoms with Crippen LogP contribution in [0.3, 0.4) is 0 Å². The second-order valence-corrected chi connectivity index (χ2v) is 9.33. The molecule has 1 saturated heterocycles. The van der Waals surface area contributed by atoms with E-state index >= 15 is 0 Å². The lowest BCUT2D eigenvalue weighted by atomic mass is 9.99. The van der Waals surface area contributed by atoms with Gasteiger partial charge in [-0.1, -0.05) is 12.1 Å². The van der Waals surface area contributed by atoms with E-state index in [1.165, 1.54) is 0 Å². The maximum absolute atomic E-state index is 12.3. The molecule has 8 heteroatoms. The molecule has 142 valence electrons. The Balaban J connectivity index is 1.46. The lowest BCUT2D eigenvalue weighted by Crippen LogP contribution is -2.41. The van der Waals surface area contributed by atoms with Crippen molar-refractivity contribution in [2.24, 2.45) is 5.92 Å². The second kappa shape index (κ2) is 8.83. The molecule has 0 amide bonds. The maximum atomic E-state index is 12.3. The SMILES string of the molecule is COc1ccc(CCS(=O)(=O)NCC2CCCN(c3nccs3)C2)cc1. The average molecular weight is 396 g/mol. The molecule has 1 aromatic carbocycles. The Labute approximate surface area is 159 Å². The summed E-state index contributed by atoms with van der Waals surface area (Å²) in [4.78, 5) is 6.61. The van der Waals surface area contributed by atoms with E-state index < -0.39 is 10.0 Å². The molecule has 0 radical (unpaired) electrons. The van der Waals surface area contributed by atoms with Gasteiger partial charge in [-0.2, -0.15) is 0 Å². The fourth-order valence-corrected chi connectivity index (χ4v) is 4.96. The number of sulfonamides is 1. The summed E-state index contributed by atoms with van der Waals surface area (Å²) in [5.74, 6) is 1.20. The van der Waals surface area contributed by atoms with Crippen molar-refractivity contribution in [3.63, 3.8) is 0 Å². The number of anilines is 1. The number of nitrogens with one attached hydrogen (secondary N) is 1. The van der Waals surface area contributed by atoms with Crippen molar-refractivity contribution in [2.75, 3.05) is 37.4 Å². The van der Waals surface area contributed by atoms with Crippen molar-refractivity contribution in [2.45, 2.75) is 19.3 Å². The van der Waals surface area contributed by atoms with E-state index in [1.54, 1.807) is 18.4 Å². The predicted molar refractivity (Wildman–Crippen MR) is 106 cm³/mol. The van der Waals surface area contributed by atoms with Crippen molar-refractivity contribution in [1.29, 1.82) is 0 Å². The van der Waals surface area contributed by atoms with Crippen LogP contribution in [-0.2, 0) is 16.4 Å². The summed E-state index contributed by atoms with van der Waals surface area (Å²) in [6.45, 7) is 2.34. The summed E-state index contributed by atoms with van der Waals surface area (Å²) < 4.78 is 32.5. The fraction of sp³-hybridized carbons (Fsp3) is 0.500. The fourth-order valence-electron chi connectivity index (χ4n) is 3.14. The first-order valence-corrected chi connectivity index (χ1v) is 11.3. The van der Waals surface area contributed by atoms with E-state index in [1.807, 2.05) is 35.8 Å². The van der Waals surface area contributed by atoms with Gasteiger partial charge in [0.15, 0.2) is 5.13 Å². The minimum Gasteiger partial charge on any atom is -0.497 e. The smallest absolute Gasteiger partial charge is 0.211 e. The highest BCUT2D eigenvalue weighted by atomic mass is 32.2. The summed E-state index contributed by atoms with van der Waals surface area (Å²) in [6, 6.07) is 7.51. The third-order valence-corrected chi connectivity index (χ3v) is 6.80. The number of aryl methyl sites for hydroxylation is 1. The molecular weight excluding hydrogens is 370 g/mol. The standard InChI is InChI=1S/C18H25N3O3S2/c1-24-17-6-4-15(5-7-17)8-12-26(22,23)20-13-16-3-2-10-21(14-16)18-19-9-11-25-18/h4-7,9,11,16,20H,2-3,8,10,12-14H2,1H3. The third-order valence-electron chi connectivity index (χ3n) is 4.62. The van der Waals surface area contributed by atoms with Crippen LogP contribution in [0.25, 0.3) is 0 Å². The van der Waals surface area contributed by atoms with E-state index in [0.29, 0.717) is 18.9 Å². The minimum atomic E-state index is -3.28. The van der Waals surface area contributed by atoms with Crippen LogP contribution in [0.15, 0.2) is 35.8 Å². The molecule has 2 aromatic rings.